The fraction of sp³-hybridized carbons (Fsp3) is 0.467. The molecular weight excluding hydrogens is 316 g/mol. The normalized spacial score (nSPS) is 19.8. The molecule has 0 saturated carbocycles. The Kier molecular flexibility index (Phi) is 4.47. The Hall–Kier alpha value is -1.77. The molecule has 124 valence electrons. The number of rotatable bonds is 4. The molecule has 0 amide bonds. The summed E-state index contributed by atoms with van der Waals surface area (Å²) < 4.78 is 33.0. The first kappa shape index (κ1) is 16.1. The molecule has 2 heterocycles. The first-order chi connectivity index (χ1) is 11.0. The summed E-state index contributed by atoms with van der Waals surface area (Å²) in [6, 6.07) is 7.12. The van der Waals surface area contributed by atoms with E-state index in [9.17, 15) is 8.42 Å². The molecule has 1 aliphatic heterocycles. The molecule has 1 aromatic carbocycles. The molecule has 0 unspecified atom stereocenters. The van der Waals surface area contributed by atoms with E-state index in [4.69, 9.17) is 4.74 Å². The lowest BCUT2D eigenvalue weighted by Gasteiger charge is -2.31. The van der Waals surface area contributed by atoms with Gasteiger partial charge in [0.1, 0.15) is 11.9 Å². The van der Waals surface area contributed by atoms with E-state index in [2.05, 4.69) is 15.2 Å². The minimum atomic E-state index is -3.55. The van der Waals surface area contributed by atoms with Crippen molar-refractivity contribution in [3.8, 4) is 0 Å². The number of morpholine rings is 1. The van der Waals surface area contributed by atoms with Gasteiger partial charge >= 0.3 is 0 Å². The van der Waals surface area contributed by atoms with Crippen LogP contribution in [0, 0.1) is 6.92 Å². The molecule has 23 heavy (non-hydrogen) atoms. The monoisotopic (exact) mass is 336 g/mol. The summed E-state index contributed by atoms with van der Waals surface area (Å²) in [6.07, 6.45) is 0.223. The van der Waals surface area contributed by atoms with Gasteiger partial charge in [0, 0.05) is 13.1 Å². The highest BCUT2D eigenvalue weighted by Gasteiger charge is 2.33. The molecule has 7 nitrogen and oxygen atoms in total. The highest BCUT2D eigenvalue weighted by Crippen LogP contribution is 2.26. The van der Waals surface area contributed by atoms with Crippen LogP contribution in [0.2, 0.25) is 0 Å². The molecule has 8 heteroatoms. The number of nitrogens with zero attached hydrogens (tertiary/aromatic N) is 3. The second-order valence-corrected chi connectivity index (χ2v) is 7.37. The van der Waals surface area contributed by atoms with Crippen LogP contribution in [-0.4, -0.2) is 47.6 Å². The van der Waals surface area contributed by atoms with Crippen molar-refractivity contribution < 1.29 is 13.2 Å². The van der Waals surface area contributed by atoms with Crippen LogP contribution in [0.25, 0.3) is 0 Å². The van der Waals surface area contributed by atoms with Gasteiger partial charge in [-0.2, -0.15) is 9.40 Å². The molecular formula is C15H20N4O3S. The molecule has 0 spiro atoms. The van der Waals surface area contributed by atoms with Crippen LogP contribution < -0.4 is 0 Å². The van der Waals surface area contributed by atoms with Crippen molar-refractivity contribution >= 4 is 10.0 Å². The molecule has 3 rings (SSSR count). The van der Waals surface area contributed by atoms with Crippen molar-refractivity contribution in [3.63, 3.8) is 0 Å². The van der Waals surface area contributed by atoms with E-state index in [0.29, 0.717) is 36.1 Å². The Labute approximate surface area is 135 Å². The standard InChI is InChI=1S/C15H20N4O3S/c1-3-12-6-4-5-7-14(12)23(20,21)19-8-9-22-13(10-19)15-16-11(2)17-18-15/h4-7,13H,3,8-10H2,1-2H3,(H,16,17,18)/t13-/m1/s1. The van der Waals surface area contributed by atoms with Crippen molar-refractivity contribution in [2.45, 2.75) is 31.3 Å². The van der Waals surface area contributed by atoms with E-state index < -0.39 is 16.1 Å². The number of H-pyrrole nitrogens is 1. The Balaban J connectivity index is 1.88. The maximum Gasteiger partial charge on any atom is 0.243 e. The van der Waals surface area contributed by atoms with Crippen LogP contribution in [0.1, 0.15) is 30.2 Å². The number of aromatic amines is 1. The van der Waals surface area contributed by atoms with Gasteiger partial charge in [0.15, 0.2) is 5.82 Å². The fourth-order valence-corrected chi connectivity index (χ4v) is 4.41. The number of ether oxygens (including phenoxy) is 1. The highest BCUT2D eigenvalue weighted by molar-refractivity contribution is 7.89. The zero-order chi connectivity index (χ0) is 16.4. The van der Waals surface area contributed by atoms with Gasteiger partial charge in [-0.25, -0.2) is 13.4 Å². The van der Waals surface area contributed by atoms with Gasteiger partial charge in [-0.1, -0.05) is 25.1 Å². The molecule has 0 aliphatic carbocycles. The van der Waals surface area contributed by atoms with E-state index in [-0.39, 0.29) is 6.54 Å². The number of aryl methyl sites for hydroxylation is 2. The third-order valence-electron chi connectivity index (χ3n) is 3.90. The van der Waals surface area contributed by atoms with Gasteiger partial charge in [0.25, 0.3) is 0 Å². The summed E-state index contributed by atoms with van der Waals surface area (Å²) in [7, 11) is -3.55. The zero-order valence-corrected chi connectivity index (χ0v) is 14.0. The molecule has 1 aromatic heterocycles. The van der Waals surface area contributed by atoms with Crippen LogP contribution in [0.3, 0.4) is 0 Å². The first-order valence-corrected chi connectivity index (χ1v) is 9.05. The average molecular weight is 336 g/mol. The predicted octanol–water partition coefficient (Wildman–Crippen LogP) is 1.44. The van der Waals surface area contributed by atoms with Gasteiger partial charge < -0.3 is 4.74 Å². The third-order valence-corrected chi connectivity index (χ3v) is 5.87. The second kappa shape index (κ2) is 6.38. The second-order valence-electron chi connectivity index (χ2n) is 5.46. The van der Waals surface area contributed by atoms with E-state index >= 15 is 0 Å². The number of nitrogens with one attached hydrogen (secondary N) is 1. The van der Waals surface area contributed by atoms with Gasteiger partial charge in [-0.15, -0.1) is 0 Å². The molecule has 0 radical (unpaired) electrons. The van der Waals surface area contributed by atoms with Crippen molar-refractivity contribution in [2.75, 3.05) is 19.7 Å². The SMILES string of the molecule is CCc1ccccc1S(=O)(=O)N1CCO[C@@H](c2n[nH]c(C)n2)C1. The number of hydrogen-bond acceptors (Lipinski definition) is 5. The number of aromatic nitrogens is 3. The van der Waals surface area contributed by atoms with Crippen molar-refractivity contribution in [1.82, 2.24) is 19.5 Å². The largest absolute Gasteiger partial charge is 0.367 e. The Morgan fingerprint density at radius 2 is 2.17 bits per heavy atom. The minimum Gasteiger partial charge on any atom is -0.367 e. The summed E-state index contributed by atoms with van der Waals surface area (Å²) in [6.45, 7) is 4.63. The summed E-state index contributed by atoms with van der Waals surface area (Å²) in [5, 5.41) is 6.84. The first-order valence-electron chi connectivity index (χ1n) is 7.61. The fourth-order valence-electron chi connectivity index (χ4n) is 2.69. The molecule has 1 saturated heterocycles. The van der Waals surface area contributed by atoms with Crippen LogP contribution in [-0.2, 0) is 21.2 Å². The maximum absolute atomic E-state index is 13.0. The molecule has 1 fully saturated rings. The van der Waals surface area contributed by atoms with E-state index in [1.807, 2.05) is 19.1 Å². The van der Waals surface area contributed by atoms with Crippen molar-refractivity contribution in [3.05, 3.63) is 41.5 Å². The van der Waals surface area contributed by atoms with Crippen molar-refractivity contribution in [1.29, 1.82) is 0 Å². The average Bonchev–Trinajstić information content (AvgIpc) is 3.01. The number of hydrogen-bond donors (Lipinski definition) is 1. The Morgan fingerprint density at radius 3 is 2.87 bits per heavy atom. The smallest absolute Gasteiger partial charge is 0.243 e. The van der Waals surface area contributed by atoms with E-state index in [1.54, 1.807) is 19.1 Å². The van der Waals surface area contributed by atoms with Gasteiger partial charge in [-0.05, 0) is 25.0 Å². The third kappa shape index (κ3) is 3.15. The van der Waals surface area contributed by atoms with Crippen molar-refractivity contribution in [2.24, 2.45) is 0 Å². The Morgan fingerprint density at radius 1 is 1.39 bits per heavy atom. The van der Waals surface area contributed by atoms with Crippen LogP contribution in [0.5, 0.6) is 0 Å². The Bertz CT molecular complexity index is 788. The molecule has 2 aromatic rings. The van der Waals surface area contributed by atoms with E-state index in [0.717, 1.165) is 5.56 Å². The zero-order valence-electron chi connectivity index (χ0n) is 13.2. The number of benzene rings is 1. The summed E-state index contributed by atoms with van der Waals surface area (Å²) in [5.74, 6) is 1.17. The lowest BCUT2D eigenvalue weighted by Crippen LogP contribution is -2.42. The summed E-state index contributed by atoms with van der Waals surface area (Å²) in [5.41, 5.74) is 0.823. The molecule has 1 N–H and O–H groups in total. The molecule has 1 atom stereocenters. The predicted molar refractivity (Wildman–Crippen MR) is 84.4 cm³/mol. The quantitative estimate of drug-likeness (QED) is 0.913. The molecule has 1 aliphatic rings. The summed E-state index contributed by atoms with van der Waals surface area (Å²) >= 11 is 0. The van der Waals surface area contributed by atoms with Gasteiger partial charge in [0.2, 0.25) is 10.0 Å². The van der Waals surface area contributed by atoms with Crippen LogP contribution in [0.4, 0.5) is 0 Å². The van der Waals surface area contributed by atoms with E-state index in [1.165, 1.54) is 4.31 Å². The summed E-state index contributed by atoms with van der Waals surface area (Å²) in [4.78, 5) is 4.61. The topological polar surface area (TPSA) is 88.2 Å². The van der Waals surface area contributed by atoms with Gasteiger partial charge in [0.05, 0.1) is 11.5 Å². The van der Waals surface area contributed by atoms with Crippen LogP contribution >= 0.6 is 0 Å². The minimum absolute atomic E-state index is 0.220. The van der Waals surface area contributed by atoms with Crippen LogP contribution in [0.15, 0.2) is 29.2 Å². The molecule has 0 bridgehead atoms. The highest BCUT2D eigenvalue weighted by atomic mass is 32.2. The number of sulfonamides is 1. The lowest BCUT2D eigenvalue weighted by molar-refractivity contribution is -0.00736. The maximum atomic E-state index is 13.0. The lowest BCUT2D eigenvalue weighted by atomic mass is 10.2. The van der Waals surface area contributed by atoms with Gasteiger partial charge in [-0.3, -0.25) is 5.10 Å².